The Morgan fingerprint density at radius 1 is 1.14 bits per heavy atom. The summed E-state index contributed by atoms with van der Waals surface area (Å²) in [5.74, 6) is 1.55. The number of nitro groups is 1. The van der Waals surface area contributed by atoms with E-state index in [1.807, 2.05) is 6.07 Å². The summed E-state index contributed by atoms with van der Waals surface area (Å²) in [6.45, 7) is 2.34. The first-order chi connectivity index (χ1) is 14.1. The van der Waals surface area contributed by atoms with Crippen molar-refractivity contribution in [1.82, 2.24) is 4.98 Å². The van der Waals surface area contributed by atoms with Crippen LogP contribution < -0.4 is 14.8 Å². The molecule has 0 radical (unpaired) electrons. The SMILES string of the molecule is O=[N+]([O-])c1ccc2nc(NCC3(c4ccc5c(c4)OCO5)CCOCC3)sc2c1. The van der Waals surface area contributed by atoms with E-state index in [2.05, 4.69) is 22.4 Å². The van der Waals surface area contributed by atoms with E-state index >= 15 is 0 Å². The van der Waals surface area contributed by atoms with Gasteiger partial charge in [-0.3, -0.25) is 10.1 Å². The number of anilines is 1. The highest BCUT2D eigenvalue weighted by Gasteiger charge is 2.35. The number of non-ortho nitro benzene ring substituents is 1. The van der Waals surface area contributed by atoms with Crippen LogP contribution in [0.25, 0.3) is 10.2 Å². The Bertz CT molecular complexity index is 1080. The van der Waals surface area contributed by atoms with Gasteiger partial charge in [0, 0.05) is 37.3 Å². The summed E-state index contributed by atoms with van der Waals surface area (Å²) in [5, 5.41) is 15.2. The van der Waals surface area contributed by atoms with Gasteiger partial charge < -0.3 is 19.5 Å². The van der Waals surface area contributed by atoms with Gasteiger partial charge in [0.15, 0.2) is 16.6 Å². The lowest BCUT2D eigenvalue weighted by Gasteiger charge is -2.38. The van der Waals surface area contributed by atoms with Crippen molar-refractivity contribution < 1.29 is 19.1 Å². The third-order valence-electron chi connectivity index (χ3n) is 5.60. The molecule has 0 amide bonds. The predicted molar refractivity (Wildman–Crippen MR) is 109 cm³/mol. The molecule has 1 saturated heterocycles. The molecule has 2 aromatic carbocycles. The molecule has 0 unspecified atom stereocenters. The Balaban J connectivity index is 1.41. The van der Waals surface area contributed by atoms with Gasteiger partial charge in [-0.1, -0.05) is 17.4 Å². The maximum absolute atomic E-state index is 11.0. The average Bonchev–Trinajstić information content (AvgIpc) is 3.38. The summed E-state index contributed by atoms with van der Waals surface area (Å²) >= 11 is 1.43. The Kier molecular flexibility index (Phi) is 4.48. The van der Waals surface area contributed by atoms with Gasteiger partial charge in [-0.05, 0) is 36.6 Å². The average molecular weight is 413 g/mol. The van der Waals surface area contributed by atoms with Crippen LogP contribution in [0, 0.1) is 10.1 Å². The van der Waals surface area contributed by atoms with Gasteiger partial charge in [-0.15, -0.1) is 0 Å². The highest BCUT2D eigenvalue weighted by molar-refractivity contribution is 7.22. The molecular formula is C20H19N3O5S. The molecule has 150 valence electrons. The lowest BCUT2D eigenvalue weighted by molar-refractivity contribution is -0.384. The number of hydrogen-bond donors (Lipinski definition) is 1. The molecule has 9 heteroatoms. The van der Waals surface area contributed by atoms with Crippen molar-refractivity contribution in [3.8, 4) is 11.5 Å². The van der Waals surface area contributed by atoms with E-state index in [1.165, 1.54) is 23.0 Å². The Morgan fingerprint density at radius 2 is 1.97 bits per heavy atom. The smallest absolute Gasteiger partial charge is 0.270 e. The lowest BCUT2D eigenvalue weighted by Crippen LogP contribution is -2.40. The molecule has 5 rings (SSSR count). The van der Waals surface area contributed by atoms with Crippen LogP contribution in [0.2, 0.25) is 0 Å². The number of nitrogens with zero attached hydrogens (tertiary/aromatic N) is 2. The van der Waals surface area contributed by atoms with E-state index in [1.54, 1.807) is 12.1 Å². The highest BCUT2D eigenvalue weighted by atomic mass is 32.1. The third-order valence-corrected chi connectivity index (χ3v) is 6.57. The molecule has 3 heterocycles. The molecule has 0 saturated carbocycles. The van der Waals surface area contributed by atoms with Crippen molar-refractivity contribution in [3.63, 3.8) is 0 Å². The second kappa shape index (κ2) is 7.16. The first-order valence-electron chi connectivity index (χ1n) is 9.40. The lowest BCUT2D eigenvalue weighted by atomic mass is 9.74. The minimum absolute atomic E-state index is 0.0777. The van der Waals surface area contributed by atoms with Crippen molar-refractivity contribution in [2.24, 2.45) is 0 Å². The summed E-state index contributed by atoms with van der Waals surface area (Å²) in [5.41, 5.74) is 1.92. The molecule has 0 aliphatic carbocycles. The zero-order chi connectivity index (χ0) is 19.8. The fraction of sp³-hybridized carbons (Fsp3) is 0.350. The Hall–Kier alpha value is -2.91. The highest BCUT2D eigenvalue weighted by Crippen LogP contribution is 2.41. The second-order valence-electron chi connectivity index (χ2n) is 7.24. The maximum atomic E-state index is 11.0. The molecule has 1 N–H and O–H groups in total. The fourth-order valence-electron chi connectivity index (χ4n) is 3.90. The van der Waals surface area contributed by atoms with Crippen LogP contribution in [0.3, 0.4) is 0 Å². The fourth-order valence-corrected chi connectivity index (χ4v) is 4.80. The van der Waals surface area contributed by atoms with Crippen LogP contribution in [0.15, 0.2) is 36.4 Å². The molecule has 0 spiro atoms. The zero-order valence-electron chi connectivity index (χ0n) is 15.6. The van der Waals surface area contributed by atoms with E-state index in [0.717, 1.165) is 39.7 Å². The summed E-state index contributed by atoms with van der Waals surface area (Å²) in [7, 11) is 0. The standard InChI is InChI=1S/C20H19N3O5S/c24-23(25)14-2-3-15-18(10-14)29-19(22-15)21-11-20(5-7-26-8-6-20)13-1-4-16-17(9-13)28-12-27-16/h1-4,9-10H,5-8,11-12H2,(H,21,22). The number of nitrogens with one attached hydrogen (secondary N) is 1. The van der Waals surface area contributed by atoms with Crippen LogP contribution in [0.1, 0.15) is 18.4 Å². The molecule has 1 fully saturated rings. The quantitative estimate of drug-likeness (QED) is 0.497. The van der Waals surface area contributed by atoms with Crippen LogP contribution >= 0.6 is 11.3 Å². The van der Waals surface area contributed by atoms with E-state index in [-0.39, 0.29) is 22.8 Å². The first kappa shape index (κ1) is 18.1. The van der Waals surface area contributed by atoms with E-state index < -0.39 is 0 Å². The number of ether oxygens (including phenoxy) is 3. The molecular weight excluding hydrogens is 394 g/mol. The van der Waals surface area contributed by atoms with Crippen molar-refractivity contribution in [2.45, 2.75) is 18.3 Å². The minimum Gasteiger partial charge on any atom is -0.454 e. The van der Waals surface area contributed by atoms with Crippen LogP contribution in [0.4, 0.5) is 10.8 Å². The normalized spacial score (nSPS) is 17.4. The van der Waals surface area contributed by atoms with Gasteiger partial charge in [0.05, 0.1) is 15.1 Å². The second-order valence-corrected chi connectivity index (χ2v) is 8.27. The van der Waals surface area contributed by atoms with Gasteiger partial charge in [-0.25, -0.2) is 4.98 Å². The number of benzene rings is 2. The molecule has 2 aliphatic rings. The third kappa shape index (κ3) is 3.36. The van der Waals surface area contributed by atoms with E-state index in [9.17, 15) is 10.1 Å². The van der Waals surface area contributed by atoms with Crippen molar-refractivity contribution in [2.75, 3.05) is 31.9 Å². The van der Waals surface area contributed by atoms with Gasteiger partial charge in [0.25, 0.3) is 5.69 Å². The molecule has 0 atom stereocenters. The molecule has 2 aliphatic heterocycles. The van der Waals surface area contributed by atoms with E-state index in [0.29, 0.717) is 19.8 Å². The Labute approximate surface area is 170 Å². The summed E-state index contributed by atoms with van der Waals surface area (Å²) < 4.78 is 17.4. The van der Waals surface area contributed by atoms with Crippen molar-refractivity contribution >= 4 is 32.4 Å². The molecule has 3 aromatic rings. The predicted octanol–water partition coefficient (Wildman–Crippen LogP) is 4.09. The van der Waals surface area contributed by atoms with Crippen LogP contribution in [-0.2, 0) is 10.2 Å². The van der Waals surface area contributed by atoms with Gasteiger partial charge in [-0.2, -0.15) is 0 Å². The molecule has 0 bridgehead atoms. The Morgan fingerprint density at radius 3 is 2.79 bits per heavy atom. The molecule has 8 nitrogen and oxygen atoms in total. The van der Waals surface area contributed by atoms with Crippen LogP contribution in [0.5, 0.6) is 11.5 Å². The molecule has 29 heavy (non-hydrogen) atoms. The number of nitro benzene ring substituents is 1. The van der Waals surface area contributed by atoms with Crippen LogP contribution in [-0.4, -0.2) is 36.5 Å². The van der Waals surface area contributed by atoms with Gasteiger partial charge in [0.2, 0.25) is 6.79 Å². The summed E-state index contributed by atoms with van der Waals surface area (Å²) in [4.78, 5) is 15.2. The number of thiazole rings is 1. The number of fused-ring (bicyclic) bond motifs is 2. The summed E-state index contributed by atoms with van der Waals surface area (Å²) in [6.07, 6.45) is 1.77. The summed E-state index contributed by atoms with van der Waals surface area (Å²) in [6, 6.07) is 10.9. The van der Waals surface area contributed by atoms with Gasteiger partial charge in [0.1, 0.15) is 0 Å². The number of hydrogen-bond acceptors (Lipinski definition) is 8. The largest absolute Gasteiger partial charge is 0.454 e. The minimum atomic E-state index is -0.386. The number of aromatic nitrogens is 1. The number of rotatable bonds is 5. The monoisotopic (exact) mass is 413 g/mol. The first-order valence-corrected chi connectivity index (χ1v) is 10.2. The molecule has 1 aromatic heterocycles. The zero-order valence-corrected chi connectivity index (χ0v) is 16.4. The van der Waals surface area contributed by atoms with Crippen molar-refractivity contribution in [1.29, 1.82) is 0 Å². The van der Waals surface area contributed by atoms with Crippen molar-refractivity contribution in [3.05, 3.63) is 52.1 Å². The van der Waals surface area contributed by atoms with Gasteiger partial charge >= 0.3 is 0 Å². The maximum Gasteiger partial charge on any atom is 0.270 e. The topological polar surface area (TPSA) is 95.8 Å². The van der Waals surface area contributed by atoms with E-state index in [4.69, 9.17) is 14.2 Å².